The lowest BCUT2D eigenvalue weighted by molar-refractivity contribution is -0.124. The average molecular weight is 285 g/mol. The number of nitrogens with one attached hydrogen (secondary N) is 1. The molecule has 0 fully saturated rings. The van der Waals surface area contributed by atoms with Crippen LogP contribution in [0.3, 0.4) is 0 Å². The van der Waals surface area contributed by atoms with Crippen molar-refractivity contribution in [1.29, 1.82) is 0 Å². The highest BCUT2D eigenvalue weighted by molar-refractivity contribution is 9.10. The fourth-order valence-corrected chi connectivity index (χ4v) is 2.24. The molecule has 1 amide bonds. The van der Waals surface area contributed by atoms with Crippen LogP contribution in [0.2, 0.25) is 0 Å². The molecule has 0 aromatic heterocycles. The maximum absolute atomic E-state index is 11.6. The minimum atomic E-state index is -0.823. The summed E-state index contributed by atoms with van der Waals surface area (Å²) in [6.07, 6.45) is 0.952. The summed E-state index contributed by atoms with van der Waals surface area (Å²) in [6, 6.07) is 7.62. The van der Waals surface area contributed by atoms with Crippen LogP contribution in [0.1, 0.15) is 25.8 Å². The first kappa shape index (κ1) is 13.2. The van der Waals surface area contributed by atoms with Crippen molar-refractivity contribution >= 4 is 21.8 Å². The predicted octanol–water partition coefficient (Wildman–Crippen LogP) is 2.15. The highest BCUT2D eigenvalue weighted by Gasteiger charge is 2.33. The monoisotopic (exact) mass is 284 g/mol. The van der Waals surface area contributed by atoms with Gasteiger partial charge in [-0.3, -0.25) is 10.1 Å². The third-order valence-electron chi connectivity index (χ3n) is 2.63. The summed E-state index contributed by atoms with van der Waals surface area (Å²) >= 11 is 3.44. The van der Waals surface area contributed by atoms with Crippen molar-refractivity contribution in [3.05, 3.63) is 34.3 Å². The molecule has 0 aliphatic heterocycles. The third kappa shape index (κ3) is 2.62. The van der Waals surface area contributed by atoms with Crippen molar-refractivity contribution in [3.63, 3.8) is 0 Å². The van der Waals surface area contributed by atoms with E-state index in [0.717, 1.165) is 23.0 Å². The van der Waals surface area contributed by atoms with E-state index in [1.165, 1.54) is 0 Å². The van der Waals surface area contributed by atoms with E-state index in [9.17, 15) is 4.79 Å². The number of carbonyl (C=O) groups is 1. The molecule has 88 valence electrons. The Morgan fingerprint density at radius 1 is 1.50 bits per heavy atom. The normalized spacial score (nSPS) is 14.4. The summed E-state index contributed by atoms with van der Waals surface area (Å²) in [6.45, 7) is 4.61. The Bertz CT molecular complexity index is 381. The molecule has 1 atom stereocenters. The van der Waals surface area contributed by atoms with E-state index in [-0.39, 0.29) is 5.91 Å². The van der Waals surface area contributed by atoms with Gasteiger partial charge in [0.05, 0.1) is 0 Å². The van der Waals surface area contributed by atoms with Crippen LogP contribution >= 0.6 is 15.9 Å². The Kier molecular flexibility index (Phi) is 4.50. The Hall–Kier alpha value is -0.870. The lowest BCUT2D eigenvalue weighted by Crippen LogP contribution is -2.50. The molecule has 0 heterocycles. The lowest BCUT2D eigenvalue weighted by atomic mass is 9.91. The van der Waals surface area contributed by atoms with Crippen molar-refractivity contribution in [2.75, 3.05) is 6.54 Å². The quantitative estimate of drug-likeness (QED) is 0.871. The Morgan fingerprint density at radius 2 is 2.12 bits per heavy atom. The molecular weight excluding hydrogens is 268 g/mol. The second kappa shape index (κ2) is 5.46. The van der Waals surface area contributed by atoms with E-state index >= 15 is 0 Å². The van der Waals surface area contributed by atoms with Crippen LogP contribution in [0.15, 0.2) is 28.7 Å². The van der Waals surface area contributed by atoms with Gasteiger partial charge in [0, 0.05) is 4.47 Å². The van der Waals surface area contributed by atoms with Gasteiger partial charge >= 0.3 is 0 Å². The molecule has 1 aromatic carbocycles. The molecule has 3 N–H and O–H groups in total. The molecule has 0 radical (unpaired) electrons. The summed E-state index contributed by atoms with van der Waals surface area (Å²) in [7, 11) is 0. The molecule has 0 spiro atoms. The van der Waals surface area contributed by atoms with Crippen molar-refractivity contribution in [2.45, 2.75) is 25.8 Å². The van der Waals surface area contributed by atoms with Crippen molar-refractivity contribution in [3.8, 4) is 0 Å². The molecule has 4 heteroatoms. The molecule has 0 aliphatic carbocycles. The van der Waals surface area contributed by atoms with E-state index in [1.807, 2.05) is 31.2 Å². The van der Waals surface area contributed by atoms with E-state index in [4.69, 9.17) is 5.73 Å². The Balaban J connectivity index is 3.11. The summed E-state index contributed by atoms with van der Waals surface area (Å²) in [4.78, 5) is 11.6. The number of nitrogens with two attached hydrogens (primary N) is 1. The maximum Gasteiger partial charge on any atom is 0.242 e. The van der Waals surface area contributed by atoms with Crippen LogP contribution < -0.4 is 11.1 Å². The van der Waals surface area contributed by atoms with Crippen LogP contribution in [0.25, 0.3) is 0 Å². The second-order valence-electron chi connectivity index (χ2n) is 3.90. The first-order valence-corrected chi connectivity index (χ1v) is 6.11. The number of hydrogen-bond acceptors (Lipinski definition) is 2. The molecule has 1 unspecified atom stereocenters. The zero-order valence-corrected chi connectivity index (χ0v) is 11.2. The molecule has 1 aromatic rings. The molecule has 3 nitrogen and oxygen atoms in total. The Morgan fingerprint density at radius 3 is 2.62 bits per heavy atom. The van der Waals surface area contributed by atoms with Gasteiger partial charge in [0.1, 0.15) is 5.54 Å². The van der Waals surface area contributed by atoms with E-state index < -0.39 is 5.54 Å². The summed E-state index contributed by atoms with van der Waals surface area (Å²) in [5, 5.41) is 3.20. The molecule has 0 saturated heterocycles. The van der Waals surface area contributed by atoms with Crippen molar-refractivity contribution in [2.24, 2.45) is 5.73 Å². The fraction of sp³-hybridized carbons (Fsp3) is 0.417. The molecule has 16 heavy (non-hydrogen) atoms. The highest BCUT2D eigenvalue weighted by Crippen LogP contribution is 2.27. The smallest absolute Gasteiger partial charge is 0.242 e. The molecule has 0 aliphatic rings. The van der Waals surface area contributed by atoms with Gasteiger partial charge in [0.15, 0.2) is 0 Å². The van der Waals surface area contributed by atoms with Crippen LogP contribution in [0, 0.1) is 0 Å². The first-order chi connectivity index (χ1) is 7.52. The molecular formula is C12H17BrN2O. The predicted molar refractivity (Wildman–Crippen MR) is 69.0 cm³/mol. The SMILES string of the molecule is CCCNC(C)(C(N)=O)c1ccccc1Br. The van der Waals surface area contributed by atoms with E-state index in [0.29, 0.717) is 0 Å². The Labute approximate surface area is 105 Å². The number of halogens is 1. The third-order valence-corrected chi connectivity index (χ3v) is 3.33. The van der Waals surface area contributed by atoms with Crippen LogP contribution in [0.4, 0.5) is 0 Å². The molecule has 1 rings (SSSR count). The van der Waals surface area contributed by atoms with E-state index in [1.54, 1.807) is 0 Å². The van der Waals surface area contributed by atoms with Crippen LogP contribution in [-0.4, -0.2) is 12.5 Å². The van der Waals surface area contributed by atoms with Gasteiger partial charge in [0.2, 0.25) is 5.91 Å². The van der Waals surface area contributed by atoms with Gasteiger partial charge in [0.25, 0.3) is 0 Å². The minimum Gasteiger partial charge on any atom is -0.368 e. The number of primary amides is 1. The minimum absolute atomic E-state index is 0.368. The maximum atomic E-state index is 11.6. The fourth-order valence-electron chi connectivity index (χ4n) is 1.56. The van der Waals surface area contributed by atoms with Gasteiger partial charge < -0.3 is 5.73 Å². The summed E-state index contributed by atoms with van der Waals surface area (Å²) < 4.78 is 0.889. The topological polar surface area (TPSA) is 55.1 Å². The lowest BCUT2D eigenvalue weighted by Gasteiger charge is -2.29. The van der Waals surface area contributed by atoms with Crippen molar-refractivity contribution in [1.82, 2.24) is 5.32 Å². The van der Waals surface area contributed by atoms with Gasteiger partial charge in [-0.05, 0) is 31.5 Å². The molecule has 0 bridgehead atoms. The van der Waals surface area contributed by atoms with Crippen LogP contribution in [0.5, 0.6) is 0 Å². The number of benzene rings is 1. The first-order valence-electron chi connectivity index (χ1n) is 5.32. The zero-order valence-electron chi connectivity index (χ0n) is 9.59. The van der Waals surface area contributed by atoms with E-state index in [2.05, 4.69) is 28.2 Å². The average Bonchev–Trinajstić information content (AvgIpc) is 2.26. The van der Waals surface area contributed by atoms with Gasteiger partial charge in [-0.2, -0.15) is 0 Å². The number of hydrogen-bond donors (Lipinski definition) is 2. The summed E-state index contributed by atoms with van der Waals surface area (Å²) in [5.74, 6) is -0.368. The number of rotatable bonds is 5. The van der Waals surface area contributed by atoms with Crippen molar-refractivity contribution < 1.29 is 4.79 Å². The van der Waals surface area contributed by atoms with Gasteiger partial charge in [-0.25, -0.2) is 0 Å². The van der Waals surface area contributed by atoms with Crippen LogP contribution in [-0.2, 0) is 10.3 Å². The standard InChI is InChI=1S/C12H17BrN2O/c1-3-8-15-12(2,11(14)16)9-6-4-5-7-10(9)13/h4-7,15H,3,8H2,1-2H3,(H2,14,16). The number of amides is 1. The molecule has 0 saturated carbocycles. The summed E-state index contributed by atoms with van der Waals surface area (Å²) in [5.41, 5.74) is 5.54. The zero-order chi connectivity index (χ0) is 12.2. The largest absolute Gasteiger partial charge is 0.368 e. The number of carbonyl (C=O) groups excluding carboxylic acids is 1. The highest BCUT2D eigenvalue weighted by atomic mass is 79.9. The van der Waals surface area contributed by atoms with Gasteiger partial charge in [-0.1, -0.05) is 41.1 Å². The van der Waals surface area contributed by atoms with Gasteiger partial charge in [-0.15, -0.1) is 0 Å². The second-order valence-corrected chi connectivity index (χ2v) is 4.75.